The number of alkyl halides is 1. The predicted molar refractivity (Wildman–Crippen MR) is 83.8 cm³/mol. The van der Waals surface area contributed by atoms with Crippen LogP contribution in [0, 0.1) is 17.1 Å². The van der Waals surface area contributed by atoms with E-state index >= 15 is 4.39 Å². The second-order valence-electron chi connectivity index (χ2n) is 5.66. The summed E-state index contributed by atoms with van der Waals surface area (Å²) in [6, 6.07) is 0. The molecular weight excluding hydrogens is 362 g/mol. The zero-order chi connectivity index (χ0) is 18.5. The largest absolute Gasteiger partial charge is 0.391 e. The minimum atomic E-state index is -2.79. The van der Waals surface area contributed by atoms with Gasteiger partial charge in [-0.2, -0.15) is 4.98 Å². The normalized spacial score (nSPS) is 30.2. The summed E-state index contributed by atoms with van der Waals surface area (Å²) in [5.41, 5.74) is 1.50. The van der Waals surface area contributed by atoms with Crippen LogP contribution in [-0.2, 0) is 4.74 Å². The first-order valence-corrected chi connectivity index (χ1v) is 7.47. The molecule has 1 fully saturated rings. The number of aromatic nitrogens is 3. The van der Waals surface area contributed by atoms with Crippen LogP contribution >= 0.6 is 11.6 Å². The van der Waals surface area contributed by atoms with Gasteiger partial charge in [0.1, 0.15) is 17.6 Å². The van der Waals surface area contributed by atoms with Gasteiger partial charge in [0.15, 0.2) is 17.7 Å². The Labute approximate surface area is 144 Å². The van der Waals surface area contributed by atoms with Gasteiger partial charge in [-0.15, -0.1) is 0 Å². The maximum Gasteiger partial charge on any atom is 0.264 e. The maximum atomic E-state index is 15.4. The Kier molecular flexibility index (Phi) is 4.20. The third kappa shape index (κ3) is 2.56. The van der Waals surface area contributed by atoms with Crippen LogP contribution in [0.1, 0.15) is 13.2 Å². The summed E-state index contributed by atoms with van der Waals surface area (Å²) in [5, 5.41) is 21.2. The average Bonchev–Trinajstić information content (AvgIpc) is 2.96. The molecule has 25 heavy (non-hydrogen) atoms. The molecule has 3 rings (SSSR count). The first-order valence-electron chi connectivity index (χ1n) is 7.09. The molecule has 0 radical (unpaired) electrons. The summed E-state index contributed by atoms with van der Waals surface area (Å²) < 4.78 is 35.8. The number of halogens is 3. The van der Waals surface area contributed by atoms with Gasteiger partial charge in [-0.05, 0) is 24.4 Å². The SMILES string of the molecule is C[C@H](O)[C@H]1O[C@@H](n2cc(F)c3c(=O)[nH]c(N)nc32)[C@@](F)(C#CCl)C1O. The van der Waals surface area contributed by atoms with Crippen LogP contribution in [0.25, 0.3) is 11.0 Å². The van der Waals surface area contributed by atoms with E-state index in [2.05, 4.69) is 9.97 Å². The fourth-order valence-electron chi connectivity index (χ4n) is 2.87. The van der Waals surface area contributed by atoms with E-state index in [0.717, 1.165) is 10.8 Å². The fraction of sp³-hybridized carbons (Fsp3) is 0.429. The number of nitrogens with zero attached hydrogens (tertiary/aromatic N) is 2. The number of fused-ring (bicyclic) bond motifs is 1. The Morgan fingerprint density at radius 3 is 2.92 bits per heavy atom. The lowest BCUT2D eigenvalue weighted by Crippen LogP contribution is -2.44. The van der Waals surface area contributed by atoms with E-state index in [-0.39, 0.29) is 11.6 Å². The highest BCUT2D eigenvalue weighted by atomic mass is 35.5. The van der Waals surface area contributed by atoms with Crippen LogP contribution in [0.4, 0.5) is 14.7 Å². The number of nitrogens with two attached hydrogens (primary N) is 1. The van der Waals surface area contributed by atoms with Crippen LogP contribution in [0.15, 0.2) is 11.0 Å². The van der Waals surface area contributed by atoms with Gasteiger partial charge >= 0.3 is 0 Å². The topological polar surface area (TPSA) is 126 Å². The zero-order valence-corrected chi connectivity index (χ0v) is 13.5. The number of H-pyrrole nitrogens is 1. The minimum absolute atomic E-state index is 0.305. The van der Waals surface area contributed by atoms with E-state index < -0.39 is 47.0 Å². The zero-order valence-electron chi connectivity index (χ0n) is 12.7. The number of aliphatic hydroxyl groups excluding tert-OH is 2. The number of rotatable bonds is 2. The molecule has 8 nitrogen and oxygen atoms in total. The molecule has 2 aromatic heterocycles. The van der Waals surface area contributed by atoms with Crippen LogP contribution in [0.3, 0.4) is 0 Å². The van der Waals surface area contributed by atoms with Crippen molar-refractivity contribution in [1.82, 2.24) is 14.5 Å². The van der Waals surface area contributed by atoms with Crippen molar-refractivity contribution in [2.45, 2.75) is 37.1 Å². The molecule has 1 unspecified atom stereocenters. The van der Waals surface area contributed by atoms with Gasteiger partial charge < -0.3 is 20.7 Å². The van der Waals surface area contributed by atoms with Gasteiger partial charge in [0, 0.05) is 11.6 Å². The van der Waals surface area contributed by atoms with E-state index in [4.69, 9.17) is 22.1 Å². The number of hydrogen-bond donors (Lipinski definition) is 4. The van der Waals surface area contributed by atoms with Crippen LogP contribution < -0.4 is 11.3 Å². The van der Waals surface area contributed by atoms with Gasteiger partial charge in [0.25, 0.3) is 5.56 Å². The molecule has 134 valence electrons. The lowest BCUT2D eigenvalue weighted by Gasteiger charge is -2.24. The summed E-state index contributed by atoms with van der Waals surface area (Å²) in [4.78, 5) is 17.8. The quantitative estimate of drug-likeness (QED) is 0.548. The Bertz CT molecular complexity index is 950. The van der Waals surface area contributed by atoms with E-state index in [1.165, 1.54) is 6.92 Å². The molecule has 0 aromatic carbocycles. The molecule has 0 amide bonds. The molecule has 5 atom stereocenters. The Hall–Kier alpha value is -2.19. The summed E-state index contributed by atoms with van der Waals surface area (Å²) in [7, 11) is 0. The van der Waals surface area contributed by atoms with Crippen LogP contribution in [0.2, 0.25) is 0 Å². The monoisotopic (exact) mass is 374 g/mol. The second kappa shape index (κ2) is 5.96. The van der Waals surface area contributed by atoms with Gasteiger partial charge in [0.2, 0.25) is 11.6 Å². The first-order chi connectivity index (χ1) is 11.7. The number of nitrogen functional groups attached to an aromatic ring is 1. The lowest BCUT2D eigenvalue weighted by atomic mass is 9.95. The van der Waals surface area contributed by atoms with Crippen LogP contribution in [0.5, 0.6) is 0 Å². The van der Waals surface area contributed by atoms with E-state index in [0.29, 0.717) is 0 Å². The Morgan fingerprint density at radius 2 is 2.32 bits per heavy atom. The molecule has 1 aliphatic heterocycles. The molecule has 2 aromatic rings. The van der Waals surface area contributed by atoms with Crippen molar-refractivity contribution in [2.24, 2.45) is 0 Å². The number of hydrogen-bond acceptors (Lipinski definition) is 6. The van der Waals surface area contributed by atoms with Crippen molar-refractivity contribution in [3.63, 3.8) is 0 Å². The van der Waals surface area contributed by atoms with E-state index in [1.54, 1.807) is 0 Å². The number of anilines is 1. The molecule has 0 aliphatic carbocycles. The number of nitrogens with one attached hydrogen (secondary N) is 1. The first kappa shape index (κ1) is 17.6. The summed E-state index contributed by atoms with van der Waals surface area (Å²) in [6.07, 6.45) is -5.47. The summed E-state index contributed by atoms with van der Waals surface area (Å²) >= 11 is 5.29. The summed E-state index contributed by atoms with van der Waals surface area (Å²) in [5.74, 6) is 0.661. The molecular formula is C14H13ClF2N4O4. The lowest BCUT2D eigenvalue weighted by molar-refractivity contribution is -0.0776. The number of aromatic amines is 1. The Balaban J connectivity index is 2.25. The number of aliphatic hydroxyl groups is 2. The maximum absolute atomic E-state index is 15.4. The van der Waals surface area contributed by atoms with Crippen molar-refractivity contribution < 1.29 is 23.7 Å². The standard InChI is InChI=1S/C14H13ClF2N4O4/c1-5(22)8-9(23)14(17,2-3-15)12(25-8)21-4-6(16)7-10(21)19-13(18)20-11(7)24/h4-5,8-9,12,22-23H,1H3,(H3,18,19,20,24)/t5-,8+,9?,12+,14+/m0/s1. The molecule has 0 bridgehead atoms. The van der Waals surface area contributed by atoms with E-state index in [1.807, 2.05) is 11.3 Å². The van der Waals surface area contributed by atoms with Crippen molar-refractivity contribution in [3.05, 3.63) is 22.4 Å². The van der Waals surface area contributed by atoms with Gasteiger partial charge in [0.05, 0.1) is 6.10 Å². The fourth-order valence-corrected chi connectivity index (χ4v) is 3.01. The molecule has 0 spiro atoms. The smallest absolute Gasteiger partial charge is 0.264 e. The molecule has 5 N–H and O–H groups in total. The average molecular weight is 375 g/mol. The van der Waals surface area contributed by atoms with Crippen molar-refractivity contribution in [2.75, 3.05) is 5.73 Å². The molecule has 1 aliphatic rings. The van der Waals surface area contributed by atoms with E-state index in [9.17, 15) is 19.4 Å². The van der Waals surface area contributed by atoms with Crippen molar-refractivity contribution in [1.29, 1.82) is 0 Å². The van der Waals surface area contributed by atoms with Crippen LogP contribution in [-0.4, -0.2) is 48.7 Å². The molecule has 0 saturated carbocycles. The minimum Gasteiger partial charge on any atom is -0.391 e. The number of ether oxygens (including phenoxy) is 1. The highest BCUT2D eigenvalue weighted by Crippen LogP contribution is 2.43. The second-order valence-corrected chi connectivity index (χ2v) is 5.85. The highest BCUT2D eigenvalue weighted by Gasteiger charge is 2.59. The third-order valence-electron chi connectivity index (χ3n) is 4.01. The van der Waals surface area contributed by atoms with Gasteiger partial charge in [-0.1, -0.05) is 0 Å². The molecule has 11 heteroatoms. The predicted octanol–water partition coefficient (Wildman–Crippen LogP) is -0.00700. The van der Waals surface area contributed by atoms with Crippen molar-refractivity contribution >= 4 is 28.6 Å². The third-order valence-corrected chi connectivity index (χ3v) is 4.10. The summed E-state index contributed by atoms with van der Waals surface area (Å²) in [6.45, 7) is 1.28. The molecule has 1 saturated heterocycles. The van der Waals surface area contributed by atoms with Gasteiger partial charge in [-0.3, -0.25) is 14.3 Å². The Morgan fingerprint density at radius 1 is 1.64 bits per heavy atom. The van der Waals surface area contributed by atoms with Crippen molar-refractivity contribution in [3.8, 4) is 11.3 Å². The highest BCUT2D eigenvalue weighted by molar-refractivity contribution is 6.30. The van der Waals surface area contributed by atoms with Gasteiger partial charge in [-0.25, -0.2) is 8.78 Å². The molecule has 3 heterocycles.